The summed E-state index contributed by atoms with van der Waals surface area (Å²) in [6, 6.07) is 8.18. The van der Waals surface area contributed by atoms with Crippen LogP contribution in [0.5, 0.6) is 5.75 Å². The maximum Gasteiger partial charge on any atom is 0.258 e. The van der Waals surface area contributed by atoms with Crippen LogP contribution in [0.25, 0.3) is 0 Å². The van der Waals surface area contributed by atoms with Crippen LogP contribution in [0.1, 0.15) is 31.2 Å². The van der Waals surface area contributed by atoms with E-state index in [4.69, 9.17) is 4.74 Å². The summed E-state index contributed by atoms with van der Waals surface area (Å²) in [5, 5.41) is 3.14. The smallest absolute Gasteiger partial charge is 0.258 e. The molecule has 0 radical (unpaired) electrons. The lowest BCUT2D eigenvalue weighted by Crippen LogP contribution is -2.40. The van der Waals surface area contributed by atoms with Crippen LogP contribution in [0.15, 0.2) is 24.3 Å². The first-order chi connectivity index (χ1) is 9.22. The largest absolute Gasteiger partial charge is 0.484 e. The van der Waals surface area contributed by atoms with Gasteiger partial charge in [0.15, 0.2) is 6.61 Å². The van der Waals surface area contributed by atoms with E-state index in [2.05, 4.69) is 5.32 Å². The Morgan fingerprint density at radius 1 is 1.32 bits per heavy atom. The zero-order valence-electron chi connectivity index (χ0n) is 11.4. The lowest BCUT2D eigenvalue weighted by atomic mass is 9.95. The molecule has 1 aromatic rings. The van der Waals surface area contributed by atoms with E-state index in [-0.39, 0.29) is 12.5 Å². The number of fused-ring (bicyclic) bond motifs is 2. The van der Waals surface area contributed by atoms with Crippen LogP contribution in [-0.2, 0) is 4.79 Å². The number of rotatable bonds is 4. The minimum absolute atomic E-state index is 0.0146. The van der Waals surface area contributed by atoms with Gasteiger partial charge in [-0.05, 0) is 49.7 Å². The second-order valence-corrected chi connectivity index (χ2v) is 5.90. The Bertz CT molecular complexity index is 472. The lowest BCUT2D eigenvalue weighted by molar-refractivity contribution is -0.124. The number of ether oxygens (including phenoxy) is 1. The minimum Gasteiger partial charge on any atom is -0.484 e. The Kier molecular flexibility index (Phi) is 3.45. The van der Waals surface area contributed by atoms with E-state index in [0.717, 1.165) is 17.2 Å². The maximum absolute atomic E-state index is 11.9. The molecule has 0 aliphatic heterocycles. The molecule has 3 atom stereocenters. The number of para-hydroxylation sites is 1. The summed E-state index contributed by atoms with van der Waals surface area (Å²) < 4.78 is 5.58. The first-order valence-corrected chi connectivity index (χ1v) is 7.20. The van der Waals surface area contributed by atoms with Gasteiger partial charge in [-0.2, -0.15) is 0 Å². The van der Waals surface area contributed by atoms with Crippen LogP contribution in [0.4, 0.5) is 0 Å². The van der Waals surface area contributed by atoms with Crippen molar-refractivity contribution >= 4 is 5.91 Å². The van der Waals surface area contributed by atoms with Gasteiger partial charge in [0.05, 0.1) is 0 Å². The van der Waals surface area contributed by atoms with E-state index >= 15 is 0 Å². The summed E-state index contributed by atoms with van der Waals surface area (Å²) in [5.74, 6) is 2.38. The minimum atomic E-state index is 0.0146. The topological polar surface area (TPSA) is 38.3 Å². The molecule has 1 aromatic carbocycles. The number of hydrogen-bond donors (Lipinski definition) is 1. The molecule has 3 rings (SSSR count). The highest BCUT2D eigenvalue weighted by atomic mass is 16.5. The fourth-order valence-electron chi connectivity index (χ4n) is 3.53. The fraction of sp³-hybridized carbons (Fsp3) is 0.562. The average molecular weight is 259 g/mol. The third kappa shape index (κ3) is 2.75. The molecule has 1 amide bonds. The number of nitrogens with one attached hydrogen (secondary N) is 1. The Labute approximate surface area is 114 Å². The Morgan fingerprint density at radius 2 is 2.16 bits per heavy atom. The van der Waals surface area contributed by atoms with Crippen molar-refractivity contribution in [3.8, 4) is 5.75 Å². The van der Waals surface area contributed by atoms with Gasteiger partial charge in [-0.15, -0.1) is 0 Å². The molecule has 2 bridgehead atoms. The van der Waals surface area contributed by atoms with Gasteiger partial charge >= 0.3 is 0 Å². The first kappa shape index (κ1) is 12.5. The zero-order chi connectivity index (χ0) is 13.2. The first-order valence-electron chi connectivity index (χ1n) is 7.20. The second-order valence-electron chi connectivity index (χ2n) is 5.90. The van der Waals surface area contributed by atoms with Gasteiger partial charge in [-0.25, -0.2) is 0 Å². The molecule has 2 aliphatic carbocycles. The van der Waals surface area contributed by atoms with Crippen molar-refractivity contribution in [3.05, 3.63) is 29.8 Å². The zero-order valence-corrected chi connectivity index (χ0v) is 11.4. The highest BCUT2D eigenvalue weighted by Gasteiger charge is 2.40. The van der Waals surface area contributed by atoms with Crippen LogP contribution in [0, 0.1) is 18.8 Å². The number of carbonyl (C=O) groups is 1. The Hall–Kier alpha value is -1.51. The molecule has 0 spiro atoms. The highest BCUT2D eigenvalue weighted by molar-refractivity contribution is 5.78. The van der Waals surface area contributed by atoms with Crippen molar-refractivity contribution in [2.24, 2.45) is 11.8 Å². The van der Waals surface area contributed by atoms with Crippen LogP contribution >= 0.6 is 0 Å². The van der Waals surface area contributed by atoms with E-state index in [0.29, 0.717) is 12.0 Å². The second kappa shape index (κ2) is 5.24. The van der Waals surface area contributed by atoms with Gasteiger partial charge in [-0.3, -0.25) is 4.79 Å². The standard InChI is InChI=1S/C16H21NO2/c1-11-4-2-3-5-15(11)19-10-16(18)17-14-9-12-6-7-13(14)8-12/h2-5,12-14H,6-10H2,1H3,(H,17,18)/t12-,13+,14+/m0/s1. The van der Waals surface area contributed by atoms with Crippen LogP contribution in [-0.4, -0.2) is 18.6 Å². The molecule has 3 nitrogen and oxygen atoms in total. The summed E-state index contributed by atoms with van der Waals surface area (Å²) in [4.78, 5) is 11.9. The lowest BCUT2D eigenvalue weighted by Gasteiger charge is -2.22. The van der Waals surface area contributed by atoms with Gasteiger partial charge in [0.1, 0.15) is 5.75 Å². The monoisotopic (exact) mass is 259 g/mol. The van der Waals surface area contributed by atoms with E-state index in [1.807, 2.05) is 31.2 Å². The van der Waals surface area contributed by atoms with Crippen LogP contribution in [0.2, 0.25) is 0 Å². The number of carbonyl (C=O) groups excluding carboxylic acids is 1. The number of amides is 1. The molecular formula is C16H21NO2. The molecule has 0 unspecified atom stereocenters. The molecule has 2 saturated carbocycles. The maximum atomic E-state index is 11.9. The van der Waals surface area contributed by atoms with Crippen molar-refractivity contribution in [2.45, 2.75) is 38.6 Å². The van der Waals surface area contributed by atoms with Gasteiger partial charge in [0.25, 0.3) is 5.91 Å². The molecule has 1 N–H and O–H groups in total. The summed E-state index contributed by atoms with van der Waals surface area (Å²) >= 11 is 0. The number of benzene rings is 1. The molecule has 0 aromatic heterocycles. The van der Waals surface area contributed by atoms with Crippen molar-refractivity contribution < 1.29 is 9.53 Å². The van der Waals surface area contributed by atoms with Crippen molar-refractivity contribution in [1.29, 1.82) is 0 Å². The van der Waals surface area contributed by atoms with Gasteiger partial charge in [0.2, 0.25) is 0 Å². The third-order valence-electron chi connectivity index (χ3n) is 4.54. The van der Waals surface area contributed by atoms with Gasteiger partial charge in [-0.1, -0.05) is 24.6 Å². The molecule has 102 valence electrons. The van der Waals surface area contributed by atoms with E-state index in [1.165, 1.54) is 25.7 Å². The number of aryl methyl sites for hydroxylation is 1. The molecule has 3 heteroatoms. The number of hydrogen-bond acceptors (Lipinski definition) is 2. The van der Waals surface area contributed by atoms with Crippen LogP contribution < -0.4 is 10.1 Å². The quantitative estimate of drug-likeness (QED) is 0.902. The SMILES string of the molecule is Cc1ccccc1OCC(=O)N[C@@H]1C[C@H]2CC[C@@H]1C2. The van der Waals surface area contributed by atoms with Crippen molar-refractivity contribution in [2.75, 3.05) is 6.61 Å². The summed E-state index contributed by atoms with van der Waals surface area (Å²) in [7, 11) is 0. The molecule has 0 heterocycles. The molecule has 19 heavy (non-hydrogen) atoms. The fourth-order valence-corrected chi connectivity index (χ4v) is 3.53. The summed E-state index contributed by atoms with van der Waals surface area (Å²) in [5.41, 5.74) is 1.07. The van der Waals surface area contributed by atoms with Crippen LogP contribution in [0.3, 0.4) is 0 Å². The Balaban J connectivity index is 1.48. The predicted molar refractivity (Wildman–Crippen MR) is 74.1 cm³/mol. The normalized spacial score (nSPS) is 28.4. The van der Waals surface area contributed by atoms with Crippen molar-refractivity contribution in [1.82, 2.24) is 5.32 Å². The highest BCUT2D eigenvalue weighted by Crippen LogP contribution is 2.44. The molecule has 2 fully saturated rings. The van der Waals surface area contributed by atoms with E-state index in [1.54, 1.807) is 0 Å². The van der Waals surface area contributed by atoms with Gasteiger partial charge in [0, 0.05) is 6.04 Å². The Morgan fingerprint density at radius 3 is 2.84 bits per heavy atom. The predicted octanol–water partition coefficient (Wildman–Crippen LogP) is 2.68. The summed E-state index contributed by atoms with van der Waals surface area (Å²) in [6.07, 6.45) is 5.12. The molecular weight excluding hydrogens is 238 g/mol. The average Bonchev–Trinajstić information content (AvgIpc) is 3.00. The van der Waals surface area contributed by atoms with Gasteiger partial charge < -0.3 is 10.1 Å². The van der Waals surface area contributed by atoms with Crippen molar-refractivity contribution in [3.63, 3.8) is 0 Å². The third-order valence-corrected chi connectivity index (χ3v) is 4.54. The summed E-state index contributed by atoms with van der Waals surface area (Å²) in [6.45, 7) is 2.11. The van der Waals surface area contributed by atoms with E-state index < -0.39 is 0 Å². The molecule has 0 saturated heterocycles. The van der Waals surface area contributed by atoms with E-state index in [9.17, 15) is 4.79 Å². The molecule has 2 aliphatic rings.